The Labute approximate surface area is 191 Å². The molecule has 2 aromatic carbocycles. The molecule has 0 bridgehead atoms. The molecule has 4 rings (SSSR count). The minimum atomic E-state index is -1.31. The molecule has 28 heavy (non-hydrogen) atoms. The van der Waals surface area contributed by atoms with Crippen molar-refractivity contribution >= 4 is 51.9 Å². The Balaban J connectivity index is 2.31. The molecule has 8 heteroatoms. The van der Waals surface area contributed by atoms with Crippen LogP contribution in [0.15, 0.2) is 60.6 Å². The minimum absolute atomic E-state index is 0.0146. The van der Waals surface area contributed by atoms with Crippen molar-refractivity contribution in [2.24, 2.45) is 0 Å². The van der Waals surface area contributed by atoms with Gasteiger partial charge in [-0.3, -0.25) is 0 Å². The molecule has 0 atom stereocenters. The summed E-state index contributed by atoms with van der Waals surface area (Å²) in [6.45, 7) is 0. The number of fused-ring (bicyclic) bond motifs is 2. The van der Waals surface area contributed by atoms with Crippen molar-refractivity contribution in [1.29, 1.82) is 0 Å². The number of carbonyl (C=O) groups is 1. The zero-order valence-electron chi connectivity index (χ0n) is 14.0. The molecule has 1 aliphatic heterocycles. The summed E-state index contributed by atoms with van der Waals surface area (Å²) in [6.07, 6.45) is 0. The second-order valence-electron chi connectivity index (χ2n) is 6.13. The van der Waals surface area contributed by atoms with Gasteiger partial charge in [-0.05, 0) is 0 Å². The third-order valence-corrected chi connectivity index (χ3v) is 8.19. The average Bonchev–Trinajstić information content (AvgIpc) is 2.66. The summed E-state index contributed by atoms with van der Waals surface area (Å²) in [7, 11) is 0. The van der Waals surface area contributed by atoms with E-state index in [0.29, 0.717) is 39.7 Å². The van der Waals surface area contributed by atoms with Gasteiger partial charge < -0.3 is 0 Å². The molecule has 5 nitrogen and oxygen atoms in total. The van der Waals surface area contributed by atoms with E-state index < -0.39 is 5.97 Å². The van der Waals surface area contributed by atoms with Gasteiger partial charge in [-0.1, -0.05) is 0 Å². The van der Waals surface area contributed by atoms with E-state index in [9.17, 15) is 19.8 Å². The van der Waals surface area contributed by atoms with Gasteiger partial charge >= 0.3 is 193 Å². The van der Waals surface area contributed by atoms with Crippen LogP contribution >= 0.6 is 31.9 Å². The Hall–Kier alpha value is -1.70. The fourth-order valence-corrected chi connectivity index (χ4v) is 6.79. The first-order chi connectivity index (χ1) is 13.3. The molecule has 0 amide bonds. The quantitative estimate of drug-likeness (QED) is 0.239. The SMILES string of the molecule is O=C([O-])c1ccccc1-c1c2cc(Br)c(=O)cc-2oc2[c]([Hg])c([O-])c(Br)cc12. The number of halogens is 2. The first-order valence-electron chi connectivity index (χ1n) is 8.02. The van der Waals surface area contributed by atoms with Crippen molar-refractivity contribution in [3.63, 3.8) is 0 Å². The van der Waals surface area contributed by atoms with Crippen LogP contribution in [0.4, 0.5) is 0 Å². The average molecular weight is 688 g/mol. The van der Waals surface area contributed by atoms with E-state index in [2.05, 4.69) is 31.9 Å². The monoisotopic (exact) mass is 687 g/mol. The van der Waals surface area contributed by atoms with Crippen molar-refractivity contribution in [2.75, 3.05) is 0 Å². The van der Waals surface area contributed by atoms with E-state index >= 15 is 0 Å². The van der Waals surface area contributed by atoms with Gasteiger partial charge in [0.2, 0.25) is 0 Å². The van der Waals surface area contributed by atoms with Crippen molar-refractivity contribution in [3.8, 4) is 28.2 Å². The van der Waals surface area contributed by atoms with E-state index in [0.717, 1.165) is 0 Å². The molecule has 0 aromatic heterocycles. The van der Waals surface area contributed by atoms with Crippen LogP contribution < -0.4 is 18.7 Å². The Morgan fingerprint density at radius 2 is 1.75 bits per heavy atom. The molecular weight excluding hydrogens is 681 g/mol. The zero-order chi connectivity index (χ0) is 20.2. The number of rotatable bonds is 2. The summed E-state index contributed by atoms with van der Waals surface area (Å²) in [5.41, 5.74) is 1.69. The second kappa shape index (κ2) is 7.28. The Morgan fingerprint density at radius 1 is 1.04 bits per heavy atom. The van der Waals surface area contributed by atoms with Crippen LogP contribution in [0.25, 0.3) is 33.4 Å². The van der Waals surface area contributed by atoms with E-state index in [-0.39, 0.29) is 48.6 Å². The predicted molar refractivity (Wildman–Crippen MR) is 103 cm³/mol. The fourth-order valence-electron chi connectivity index (χ4n) is 3.21. The first kappa shape index (κ1) is 19.6. The molecule has 2 aliphatic rings. The number of aromatic carboxylic acids is 1. The van der Waals surface area contributed by atoms with E-state index in [1.807, 2.05) is 0 Å². The fraction of sp³-hybridized carbons (Fsp3) is 0. The number of hydrogen-bond acceptors (Lipinski definition) is 5. The molecule has 0 N–H and O–H groups in total. The van der Waals surface area contributed by atoms with Gasteiger partial charge in [-0.15, -0.1) is 0 Å². The van der Waals surface area contributed by atoms with Crippen molar-refractivity contribution in [3.05, 3.63) is 67.2 Å². The van der Waals surface area contributed by atoms with Gasteiger partial charge in [0.25, 0.3) is 0 Å². The van der Waals surface area contributed by atoms with Gasteiger partial charge in [0.05, 0.1) is 0 Å². The van der Waals surface area contributed by atoms with Crippen LogP contribution in [-0.2, 0) is 26.1 Å². The summed E-state index contributed by atoms with van der Waals surface area (Å²) < 4.78 is 7.22. The molecule has 0 fully saturated rings. The molecule has 0 saturated heterocycles. The molecule has 0 saturated carbocycles. The topological polar surface area (TPSA) is 93.4 Å². The maximum absolute atomic E-state index is 12.4. The van der Waals surface area contributed by atoms with Gasteiger partial charge in [0, 0.05) is 0 Å². The van der Waals surface area contributed by atoms with Gasteiger partial charge in [0.15, 0.2) is 0 Å². The Bertz CT molecular complexity index is 1310. The maximum atomic E-state index is 12.4. The van der Waals surface area contributed by atoms with Crippen molar-refractivity contribution < 1.29 is 45.5 Å². The number of benzene rings is 3. The van der Waals surface area contributed by atoms with Crippen LogP contribution in [0.2, 0.25) is 0 Å². The van der Waals surface area contributed by atoms with E-state index in [4.69, 9.17) is 4.42 Å². The number of carbonyl (C=O) groups excluding carboxylic acids is 1. The molecular formula is C20H7Br2HgO5-2. The first-order valence-corrected chi connectivity index (χ1v) is 12.4. The summed E-state index contributed by atoms with van der Waals surface area (Å²) in [5, 5.41) is 24.8. The third-order valence-electron chi connectivity index (χ3n) is 4.48. The summed E-state index contributed by atoms with van der Waals surface area (Å²) in [4.78, 5) is 23.9. The Kier molecular flexibility index (Phi) is 5.10. The van der Waals surface area contributed by atoms with Crippen molar-refractivity contribution in [2.45, 2.75) is 0 Å². The molecule has 1 aliphatic carbocycles. The van der Waals surface area contributed by atoms with Gasteiger partial charge in [-0.25, -0.2) is 0 Å². The van der Waals surface area contributed by atoms with Crippen LogP contribution in [0.5, 0.6) is 5.75 Å². The molecule has 0 radical (unpaired) electrons. The van der Waals surface area contributed by atoms with Crippen LogP contribution in [0.3, 0.4) is 0 Å². The number of carboxylic acids is 1. The predicted octanol–water partition coefficient (Wildman–Crippen LogP) is 2.70. The molecule has 0 unspecified atom stereocenters. The van der Waals surface area contributed by atoms with Crippen LogP contribution in [0.1, 0.15) is 10.4 Å². The zero-order valence-corrected chi connectivity index (χ0v) is 22.7. The number of carboxylic acid groups (broad SMARTS) is 1. The number of hydrogen-bond donors (Lipinski definition) is 0. The summed E-state index contributed by atoms with van der Waals surface area (Å²) in [6, 6.07) is 11.1. The third kappa shape index (κ3) is 3.09. The second-order valence-corrected chi connectivity index (χ2v) is 10.6. The van der Waals surface area contributed by atoms with Gasteiger partial charge in [0.1, 0.15) is 0 Å². The van der Waals surface area contributed by atoms with E-state index in [1.54, 1.807) is 30.3 Å². The normalized spacial score (nSPS) is 11.3. The summed E-state index contributed by atoms with van der Waals surface area (Å²) in [5.74, 6) is -1.18. The molecule has 135 valence electrons. The van der Waals surface area contributed by atoms with Crippen molar-refractivity contribution in [1.82, 2.24) is 0 Å². The Morgan fingerprint density at radius 3 is 2.46 bits per heavy atom. The standard InChI is InChI=1S/C20H9Br2O5.Hg/c21-13-5-11-17(7-15(13)23)27-18-8-16(24)14(22)6-12(18)19(11)9-3-1-2-4-10(9)20(25)26;/h1-7,24H,(H,25,26);/p-2. The van der Waals surface area contributed by atoms with E-state index in [1.165, 1.54) is 12.1 Å². The summed E-state index contributed by atoms with van der Waals surface area (Å²) >= 11 is 6.47. The molecule has 2 aromatic rings. The van der Waals surface area contributed by atoms with Crippen LogP contribution in [0, 0.1) is 0 Å². The molecule has 1 heterocycles. The van der Waals surface area contributed by atoms with Crippen LogP contribution in [-0.4, -0.2) is 5.97 Å². The van der Waals surface area contributed by atoms with Gasteiger partial charge in [-0.2, -0.15) is 0 Å². The molecule has 0 spiro atoms.